The molecule has 0 bridgehead atoms. The molecule has 6 heteroatoms. The first-order chi connectivity index (χ1) is 19.0. The molecule has 0 fully saturated rings. The summed E-state index contributed by atoms with van der Waals surface area (Å²) >= 11 is 0. The van der Waals surface area contributed by atoms with Gasteiger partial charge in [-0.05, 0) is 55.8 Å². The predicted octanol–water partition coefficient (Wildman–Crippen LogP) is 7.64. The average molecular weight is 517 g/mol. The van der Waals surface area contributed by atoms with Gasteiger partial charge in [-0.3, -0.25) is 4.79 Å². The highest BCUT2D eigenvalue weighted by Gasteiger charge is 2.29. The molecule has 0 radical (unpaired) electrons. The fourth-order valence-electron chi connectivity index (χ4n) is 4.63. The molecule has 0 aliphatic carbocycles. The van der Waals surface area contributed by atoms with E-state index in [2.05, 4.69) is 0 Å². The number of ether oxygens (including phenoxy) is 3. The van der Waals surface area contributed by atoms with Gasteiger partial charge in [0.15, 0.2) is 5.76 Å². The number of allylic oxidation sites excluding steroid dienone is 1. The third-order valence-electron chi connectivity index (χ3n) is 6.40. The molecule has 1 aromatic heterocycles. The van der Waals surface area contributed by atoms with Crippen molar-refractivity contribution in [3.63, 3.8) is 0 Å². The first-order valence-corrected chi connectivity index (χ1v) is 12.6. The third kappa shape index (κ3) is 4.68. The molecule has 192 valence electrons. The summed E-state index contributed by atoms with van der Waals surface area (Å²) in [5.41, 5.74) is 3.93. The number of aryl methyl sites for hydroxylation is 1. The Balaban J connectivity index is 1.34. The fourth-order valence-corrected chi connectivity index (χ4v) is 4.63. The van der Waals surface area contributed by atoms with E-state index in [1.807, 2.05) is 68.4 Å². The lowest BCUT2D eigenvalue weighted by Gasteiger charge is -2.07. The van der Waals surface area contributed by atoms with Gasteiger partial charge in [-0.25, -0.2) is 4.79 Å². The molecule has 0 atom stereocenters. The van der Waals surface area contributed by atoms with Crippen molar-refractivity contribution in [1.29, 1.82) is 0 Å². The van der Waals surface area contributed by atoms with Crippen LogP contribution in [0.4, 0.5) is 0 Å². The summed E-state index contributed by atoms with van der Waals surface area (Å²) < 4.78 is 23.4. The molecule has 0 saturated heterocycles. The highest BCUT2D eigenvalue weighted by atomic mass is 16.5. The number of rotatable bonds is 6. The van der Waals surface area contributed by atoms with Crippen LogP contribution < -0.4 is 14.2 Å². The molecule has 39 heavy (non-hydrogen) atoms. The van der Waals surface area contributed by atoms with Crippen LogP contribution >= 0.6 is 0 Å². The maximum absolute atomic E-state index is 13.6. The van der Waals surface area contributed by atoms with Crippen LogP contribution in [0.15, 0.2) is 101 Å². The van der Waals surface area contributed by atoms with Crippen LogP contribution in [0.2, 0.25) is 0 Å². The van der Waals surface area contributed by atoms with Crippen molar-refractivity contribution in [3.05, 3.63) is 119 Å². The molecule has 1 aliphatic rings. The van der Waals surface area contributed by atoms with Gasteiger partial charge >= 0.3 is 5.97 Å². The van der Waals surface area contributed by atoms with Gasteiger partial charge in [0.25, 0.3) is 0 Å². The molecule has 0 spiro atoms. The topological polar surface area (TPSA) is 75.0 Å². The van der Waals surface area contributed by atoms with Gasteiger partial charge in [-0.15, -0.1) is 0 Å². The van der Waals surface area contributed by atoms with Crippen molar-refractivity contribution in [2.24, 2.45) is 0 Å². The zero-order valence-electron chi connectivity index (χ0n) is 21.4. The van der Waals surface area contributed by atoms with Crippen LogP contribution in [0.3, 0.4) is 0 Å². The van der Waals surface area contributed by atoms with E-state index in [0.717, 1.165) is 16.7 Å². The van der Waals surface area contributed by atoms with Gasteiger partial charge in [0.05, 0.1) is 12.2 Å². The van der Waals surface area contributed by atoms with Crippen LogP contribution in [0, 0.1) is 6.92 Å². The molecule has 5 aromatic rings. The van der Waals surface area contributed by atoms with Crippen molar-refractivity contribution < 1.29 is 28.2 Å². The predicted molar refractivity (Wildman–Crippen MR) is 148 cm³/mol. The minimum atomic E-state index is -0.596. The number of hydrogen-bond acceptors (Lipinski definition) is 6. The molecule has 4 aromatic carbocycles. The number of carbonyl (C=O) groups is 2. The standard InChI is InChI=1S/C33H24O6/c1-3-36-23-13-15-27-26(18-23)30(32(39-27)22-10-5-4-6-11-22)33(35)37-24-12-14-25-28(19-24)38-29(31(25)34)17-21-9-7-8-20(2)16-21/h4-19H,3H2,1-2H3/b29-17-. The number of ketones is 1. The monoisotopic (exact) mass is 516 g/mol. The van der Waals surface area contributed by atoms with E-state index in [0.29, 0.717) is 40.4 Å². The SMILES string of the molecule is CCOc1ccc2oc(-c3ccccc3)c(C(=O)Oc3ccc4c(c3)O/C(=C\c3cccc(C)c3)C4=O)c2c1. The lowest BCUT2D eigenvalue weighted by Crippen LogP contribution is -2.09. The normalized spacial score (nSPS) is 13.4. The molecule has 2 heterocycles. The minimum absolute atomic E-state index is 0.217. The minimum Gasteiger partial charge on any atom is -0.494 e. The summed E-state index contributed by atoms with van der Waals surface area (Å²) in [7, 11) is 0. The summed E-state index contributed by atoms with van der Waals surface area (Å²) in [6.45, 7) is 4.37. The summed E-state index contributed by atoms with van der Waals surface area (Å²) in [5.74, 6) is 1.01. The number of fused-ring (bicyclic) bond motifs is 2. The molecule has 0 unspecified atom stereocenters. The Bertz CT molecular complexity index is 1760. The second kappa shape index (κ2) is 9.99. The Morgan fingerprint density at radius 1 is 0.897 bits per heavy atom. The molecule has 1 aliphatic heterocycles. The first kappa shape index (κ1) is 24.2. The number of hydrogen-bond donors (Lipinski definition) is 0. The Morgan fingerprint density at radius 2 is 1.72 bits per heavy atom. The number of benzene rings is 4. The van der Waals surface area contributed by atoms with E-state index < -0.39 is 5.97 Å². The largest absolute Gasteiger partial charge is 0.494 e. The quantitative estimate of drug-likeness (QED) is 0.131. The number of Topliss-reactive ketones (excluding diaryl/α,β-unsaturated/α-hetero) is 1. The van der Waals surface area contributed by atoms with Crippen molar-refractivity contribution in [2.75, 3.05) is 6.61 Å². The zero-order chi connectivity index (χ0) is 26.9. The van der Waals surface area contributed by atoms with Crippen LogP contribution in [-0.4, -0.2) is 18.4 Å². The maximum Gasteiger partial charge on any atom is 0.348 e. The summed E-state index contributed by atoms with van der Waals surface area (Å²) in [5, 5.41) is 0.584. The van der Waals surface area contributed by atoms with E-state index in [-0.39, 0.29) is 22.9 Å². The Labute approximate surface area is 225 Å². The first-order valence-electron chi connectivity index (χ1n) is 12.6. The highest BCUT2D eigenvalue weighted by molar-refractivity contribution is 6.15. The highest BCUT2D eigenvalue weighted by Crippen LogP contribution is 2.38. The Kier molecular flexibility index (Phi) is 6.21. The summed E-state index contributed by atoms with van der Waals surface area (Å²) in [6.07, 6.45) is 1.71. The molecular formula is C33H24O6. The Hall–Kier alpha value is -5.10. The van der Waals surface area contributed by atoms with Crippen molar-refractivity contribution >= 4 is 28.8 Å². The number of esters is 1. The van der Waals surface area contributed by atoms with Crippen LogP contribution in [-0.2, 0) is 0 Å². The maximum atomic E-state index is 13.6. The van der Waals surface area contributed by atoms with Gasteiger partial charge in [0.1, 0.15) is 34.2 Å². The van der Waals surface area contributed by atoms with E-state index in [9.17, 15) is 9.59 Å². The molecular weight excluding hydrogens is 492 g/mol. The number of carbonyl (C=O) groups excluding carboxylic acids is 2. The number of furan rings is 1. The summed E-state index contributed by atoms with van der Waals surface area (Å²) in [4.78, 5) is 26.5. The van der Waals surface area contributed by atoms with E-state index >= 15 is 0 Å². The van der Waals surface area contributed by atoms with Gasteiger partial charge in [-0.1, -0.05) is 60.2 Å². The van der Waals surface area contributed by atoms with Crippen molar-refractivity contribution in [3.8, 4) is 28.6 Å². The van der Waals surface area contributed by atoms with Gasteiger partial charge < -0.3 is 18.6 Å². The molecule has 0 N–H and O–H groups in total. The summed E-state index contributed by atoms with van der Waals surface area (Å²) in [6, 6.07) is 27.3. The zero-order valence-corrected chi connectivity index (χ0v) is 21.4. The molecule has 0 amide bonds. The van der Waals surface area contributed by atoms with Gasteiger partial charge in [-0.2, -0.15) is 0 Å². The van der Waals surface area contributed by atoms with E-state index in [1.165, 1.54) is 0 Å². The molecule has 6 nitrogen and oxygen atoms in total. The van der Waals surface area contributed by atoms with E-state index in [4.69, 9.17) is 18.6 Å². The second-order valence-electron chi connectivity index (χ2n) is 9.16. The Morgan fingerprint density at radius 3 is 2.51 bits per heavy atom. The van der Waals surface area contributed by atoms with Crippen molar-refractivity contribution in [2.45, 2.75) is 13.8 Å². The second-order valence-corrected chi connectivity index (χ2v) is 9.16. The molecule has 0 saturated carbocycles. The van der Waals surface area contributed by atoms with Crippen LogP contribution in [0.25, 0.3) is 28.4 Å². The fraction of sp³-hybridized carbons (Fsp3) is 0.0909. The van der Waals surface area contributed by atoms with E-state index in [1.54, 1.807) is 42.5 Å². The lowest BCUT2D eigenvalue weighted by atomic mass is 10.1. The van der Waals surface area contributed by atoms with Crippen molar-refractivity contribution in [1.82, 2.24) is 0 Å². The van der Waals surface area contributed by atoms with Gasteiger partial charge in [0, 0.05) is 17.0 Å². The smallest absolute Gasteiger partial charge is 0.348 e. The third-order valence-corrected chi connectivity index (χ3v) is 6.40. The average Bonchev–Trinajstić information content (AvgIpc) is 3.46. The van der Waals surface area contributed by atoms with Crippen LogP contribution in [0.5, 0.6) is 17.2 Å². The van der Waals surface area contributed by atoms with Crippen LogP contribution in [0.1, 0.15) is 38.8 Å². The molecule has 6 rings (SSSR count). The van der Waals surface area contributed by atoms with Gasteiger partial charge in [0.2, 0.25) is 5.78 Å². The lowest BCUT2D eigenvalue weighted by molar-refractivity contribution is 0.0736.